The van der Waals surface area contributed by atoms with Gasteiger partial charge in [0, 0.05) is 12.1 Å². The molecule has 0 amide bonds. The van der Waals surface area contributed by atoms with E-state index in [1.54, 1.807) is 0 Å². The van der Waals surface area contributed by atoms with Crippen LogP contribution in [0, 0.1) is 5.92 Å². The molecule has 0 spiro atoms. The van der Waals surface area contributed by atoms with Crippen molar-refractivity contribution in [1.29, 1.82) is 0 Å². The molecule has 2 heteroatoms. The first kappa shape index (κ1) is 8.92. The molecule has 0 rings (SSSR count). The van der Waals surface area contributed by atoms with Gasteiger partial charge < -0.3 is 10.8 Å². The second-order valence-electron chi connectivity index (χ2n) is 3.11. The van der Waals surface area contributed by atoms with Gasteiger partial charge in [-0.25, -0.2) is 0 Å². The third-order valence-corrected chi connectivity index (χ3v) is 1.77. The van der Waals surface area contributed by atoms with Crippen LogP contribution in [0.3, 0.4) is 0 Å². The van der Waals surface area contributed by atoms with Crippen molar-refractivity contribution in [2.75, 3.05) is 6.61 Å². The highest BCUT2D eigenvalue weighted by molar-refractivity contribution is 4.80. The summed E-state index contributed by atoms with van der Waals surface area (Å²) in [6.45, 7) is 6.12. The summed E-state index contributed by atoms with van der Waals surface area (Å²) in [5, 5.41) is 8.78. The molecule has 56 valence electrons. The summed E-state index contributed by atoms with van der Waals surface area (Å²) >= 11 is 0. The number of hydrogen-bond donors (Lipinski definition) is 2. The van der Waals surface area contributed by atoms with E-state index < -0.39 is 0 Å². The molecule has 2 nitrogen and oxygen atoms in total. The monoisotopic (exact) mass is 131 g/mol. The molecule has 0 aromatic heterocycles. The highest BCUT2D eigenvalue weighted by Crippen LogP contribution is 2.15. The summed E-state index contributed by atoms with van der Waals surface area (Å²) in [6, 6.07) is 0. The summed E-state index contributed by atoms with van der Waals surface area (Å²) in [7, 11) is 0. The SMILES string of the molecule is CCC(CO)C(C)(C)N. The summed E-state index contributed by atoms with van der Waals surface area (Å²) in [4.78, 5) is 0. The predicted octanol–water partition coefficient (Wildman–Crippen LogP) is 0.742. The summed E-state index contributed by atoms with van der Waals surface area (Å²) in [5.41, 5.74) is 5.51. The smallest absolute Gasteiger partial charge is 0.0476 e. The Morgan fingerprint density at radius 3 is 2.00 bits per heavy atom. The van der Waals surface area contributed by atoms with Gasteiger partial charge in [0.05, 0.1) is 0 Å². The molecule has 1 unspecified atom stereocenters. The van der Waals surface area contributed by atoms with Crippen molar-refractivity contribution in [2.45, 2.75) is 32.7 Å². The normalized spacial score (nSPS) is 15.7. The molecule has 0 aliphatic carbocycles. The lowest BCUT2D eigenvalue weighted by Gasteiger charge is -2.27. The highest BCUT2D eigenvalue weighted by atomic mass is 16.3. The van der Waals surface area contributed by atoms with Crippen LogP contribution in [-0.2, 0) is 0 Å². The van der Waals surface area contributed by atoms with Crippen LogP contribution in [0.5, 0.6) is 0 Å². The van der Waals surface area contributed by atoms with Gasteiger partial charge in [0.15, 0.2) is 0 Å². The first-order valence-corrected chi connectivity index (χ1v) is 3.42. The lowest BCUT2D eigenvalue weighted by molar-refractivity contribution is 0.166. The molecule has 0 bridgehead atoms. The minimum atomic E-state index is -0.233. The van der Waals surface area contributed by atoms with Crippen LogP contribution in [0.1, 0.15) is 27.2 Å². The second kappa shape index (κ2) is 3.18. The zero-order valence-electron chi connectivity index (χ0n) is 6.52. The maximum absolute atomic E-state index is 8.78. The van der Waals surface area contributed by atoms with Gasteiger partial charge in [-0.1, -0.05) is 6.92 Å². The predicted molar refractivity (Wildman–Crippen MR) is 39.1 cm³/mol. The highest BCUT2D eigenvalue weighted by Gasteiger charge is 2.21. The average Bonchev–Trinajstić information content (AvgIpc) is 1.65. The Kier molecular flexibility index (Phi) is 3.15. The molecule has 3 N–H and O–H groups in total. The molecule has 1 atom stereocenters. The van der Waals surface area contributed by atoms with Gasteiger partial charge in [-0.15, -0.1) is 0 Å². The Labute approximate surface area is 57.1 Å². The van der Waals surface area contributed by atoms with Crippen molar-refractivity contribution in [3.05, 3.63) is 0 Å². The number of aliphatic hydroxyl groups excluding tert-OH is 1. The molecule has 9 heavy (non-hydrogen) atoms. The van der Waals surface area contributed by atoms with Crippen molar-refractivity contribution >= 4 is 0 Å². The molecule has 0 saturated carbocycles. The van der Waals surface area contributed by atoms with E-state index in [4.69, 9.17) is 10.8 Å². The average molecular weight is 131 g/mol. The Balaban J connectivity index is 3.79. The number of nitrogens with two attached hydrogens (primary N) is 1. The lowest BCUT2D eigenvalue weighted by Crippen LogP contribution is -2.42. The van der Waals surface area contributed by atoms with E-state index >= 15 is 0 Å². The van der Waals surface area contributed by atoms with E-state index in [1.807, 2.05) is 20.8 Å². The topological polar surface area (TPSA) is 46.2 Å². The molecular formula is C7H17NO. The van der Waals surface area contributed by atoms with Gasteiger partial charge in [0.25, 0.3) is 0 Å². The third-order valence-electron chi connectivity index (χ3n) is 1.77. The molecule has 0 aromatic rings. The van der Waals surface area contributed by atoms with Crippen LogP contribution in [0.15, 0.2) is 0 Å². The van der Waals surface area contributed by atoms with Crippen molar-refractivity contribution in [2.24, 2.45) is 11.7 Å². The Hall–Kier alpha value is -0.0800. The Morgan fingerprint density at radius 1 is 1.56 bits per heavy atom. The first-order chi connectivity index (χ1) is 4.02. The maximum atomic E-state index is 8.78. The van der Waals surface area contributed by atoms with Gasteiger partial charge >= 0.3 is 0 Å². The van der Waals surface area contributed by atoms with E-state index in [1.165, 1.54) is 0 Å². The Morgan fingerprint density at radius 2 is 2.00 bits per heavy atom. The van der Waals surface area contributed by atoms with E-state index in [2.05, 4.69) is 0 Å². The van der Waals surface area contributed by atoms with Crippen LogP contribution in [0.2, 0.25) is 0 Å². The summed E-state index contributed by atoms with van der Waals surface area (Å²) in [5.74, 6) is 0.234. The van der Waals surface area contributed by atoms with Crippen molar-refractivity contribution in [3.63, 3.8) is 0 Å². The van der Waals surface area contributed by atoms with Gasteiger partial charge in [-0.2, -0.15) is 0 Å². The summed E-state index contributed by atoms with van der Waals surface area (Å²) < 4.78 is 0. The number of rotatable bonds is 3. The molecule has 0 saturated heterocycles. The standard InChI is InChI=1S/C7H17NO/c1-4-6(5-9)7(2,3)8/h6,9H,4-5,8H2,1-3H3. The zero-order chi connectivity index (χ0) is 7.49. The van der Waals surface area contributed by atoms with E-state index in [0.29, 0.717) is 0 Å². The minimum Gasteiger partial charge on any atom is -0.396 e. The summed E-state index contributed by atoms with van der Waals surface area (Å²) in [6.07, 6.45) is 0.944. The van der Waals surface area contributed by atoms with Crippen LogP contribution in [-0.4, -0.2) is 17.3 Å². The van der Waals surface area contributed by atoms with Crippen LogP contribution >= 0.6 is 0 Å². The molecule has 0 radical (unpaired) electrons. The van der Waals surface area contributed by atoms with Gasteiger partial charge in [-0.3, -0.25) is 0 Å². The van der Waals surface area contributed by atoms with Crippen LogP contribution < -0.4 is 5.73 Å². The number of hydrogen-bond acceptors (Lipinski definition) is 2. The fraction of sp³-hybridized carbons (Fsp3) is 1.00. The molecule has 0 heterocycles. The van der Waals surface area contributed by atoms with Gasteiger partial charge in [0.1, 0.15) is 0 Å². The van der Waals surface area contributed by atoms with Crippen molar-refractivity contribution < 1.29 is 5.11 Å². The molecule has 0 fully saturated rings. The minimum absolute atomic E-state index is 0.194. The fourth-order valence-electron chi connectivity index (χ4n) is 0.890. The zero-order valence-corrected chi connectivity index (χ0v) is 6.52. The molecular weight excluding hydrogens is 114 g/mol. The largest absolute Gasteiger partial charge is 0.396 e. The number of aliphatic hydroxyl groups is 1. The van der Waals surface area contributed by atoms with Crippen molar-refractivity contribution in [3.8, 4) is 0 Å². The third kappa shape index (κ3) is 2.82. The first-order valence-electron chi connectivity index (χ1n) is 3.42. The van der Waals surface area contributed by atoms with E-state index in [9.17, 15) is 0 Å². The van der Waals surface area contributed by atoms with Crippen LogP contribution in [0.4, 0.5) is 0 Å². The maximum Gasteiger partial charge on any atom is 0.0476 e. The van der Waals surface area contributed by atoms with Gasteiger partial charge in [0.2, 0.25) is 0 Å². The second-order valence-corrected chi connectivity index (χ2v) is 3.11. The van der Waals surface area contributed by atoms with Gasteiger partial charge in [-0.05, 0) is 26.2 Å². The molecule has 0 aliphatic rings. The van der Waals surface area contributed by atoms with E-state index in [0.717, 1.165) is 6.42 Å². The Bertz CT molecular complexity index is 71.5. The molecule has 0 aromatic carbocycles. The van der Waals surface area contributed by atoms with Crippen molar-refractivity contribution in [1.82, 2.24) is 0 Å². The van der Waals surface area contributed by atoms with Crippen LogP contribution in [0.25, 0.3) is 0 Å². The van der Waals surface area contributed by atoms with E-state index in [-0.39, 0.29) is 18.1 Å². The fourth-order valence-corrected chi connectivity index (χ4v) is 0.890. The lowest BCUT2D eigenvalue weighted by atomic mass is 9.87. The quantitative estimate of drug-likeness (QED) is 0.593. The molecule has 0 aliphatic heterocycles.